The number of aliphatic hydroxyl groups excluding tert-OH is 1. The van der Waals surface area contributed by atoms with Crippen LogP contribution in [0.25, 0.3) is 0 Å². The molecule has 1 N–H and O–H groups in total. The third-order valence-corrected chi connectivity index (χ3v) is 3.71. The molecule has 1 saturated heterocycles. The van der Waals surface area contributed by atoms with E-state index in [9.17, 15) is 9.90 Å². The fourth-order valence-corrected chi connectivity index (χ4v) is 2.45. The molecule has 86 valence electrons. The normalized spacial score (nSPS) is 25.5. The fraction of sp³-hybridized carbons (Fsp3) is 0.417. The Morgan fingerprint density at radius 2 is 2.06 bits per heavy atom. The number of benzene rings is 1. The minimum atomic E-state index is -0.347. The number of hydrogen-bond acceptors (Lipinski definition) is 2. The second-order valence-corrected chi connectivity index (χ2v) is 5.17. The SMILES string of the molecule is O=C(c1ccccc1)N1CCC(O)C(Br)C1. The van der Waals surface area contributed by atoms with E-state index in [0.29, 0.717) is 25.1 Å². The monoisotopic (exact) mass is 283 g/mol. The fourth-order valence-electron chi connectivity index (χ4n) is 1.84. The minimum absolute atomic E-state index is 0.0195. The largest absolute Gasteiger partial charge is 0.392 e. The molecule has 16 heavy (non-hydrogen) atoms. The standard InChI is InChI=1S/C12H14BrNO2/c13-10-8-14(7-6-11(10)15)12(16)9-4-2-1-3-5-9/h1-5,10-11,15H,6-8H2. The van der Waals surface area contributed by atoms with Crippen molar-refractivity contribution in [2.45, 2.75) is 17.4 Å². The average molecular weight is 284 g/mol. The van der Waals surface area contributed by atoms with Gasteiger partial charge in [0.05, 0.1) is 10.9 Å². The molecule has 0 aliphatic carbocycles. The highest BCUT2D eigenvalue weighted by Gasteiger charge is 2.28. The smallest absolute Gasteiger partial charge is 0.253 e. The van der Waals surface area contributed by atoms with E-state index in [-0.39, 0.29) is 16.8 Å². The van der Waals surface area contributed by atoms with Crippen molar-refractivity contribution < 1.29 is 9.90 Å². The maximum absolute atomic E-state index is 12.1. The zero-order chi connectivity index (χ0) is 11.5. The second-order valence-electron chi connectivity index (χ2n) is 3.99. The number of piperidine rings is 1. The van der Waals surface area contributed by atoms with Crippen molar-refractivity contribution in [1.82, 2.24) is 4.90 Å². The Hall–Kier alpha value is -0.870. The summed E-state index contributed by atoms with van der Waals surface area (Å²) in [4.78, 5) is 13.8. The lowest BCUT2D eigenvalue weighted by atomic mass is 10.1. The molecule has 2 atom stereocenters. The molecule has 0 radical (unpaired) electrons. The first-order valence-corrected chi connectivity index (χ1v) is 6.26. The number of nitrogens with zero attached hydrogens (tertiary/aromatic N) is 1. The van der Waals surface area contributed by atoms with E-state index >= 15 is 0 Å². The molecule has 0 aromatic heterocycles. The number of rotatable bonds is 1. The molecule has 2 rings (SSSR count). The van der Waals surface area contributed by atoms with E-state index < -0.39 is 0 Å². The maximum atomic E-state index is 12.1. The van der Waals surface area contributed by atoms with Gasteiger partial charge in [0.1, 0.15) is 0 Å². The topological polar surface area (TPSA) is 40.5 Å². The van der Waals surface area contributed by atoms with Crippen LogP contribution in [0, 0.1) is 0 Å². The Morgan fingerprint density at radius 3 is 2.69 bits per heavy atom. The van der Waals surface area contributed by atoms with Crippen molar-refractivity contribution in [2.24, 2.45) is 0 Å². The van der Waals surface area contributed by atoms with Gasteiger partial charge in [-0.2, -0.15) is 0 Å². The van der Waals surface area contributed by atoms with Gasteiger partial charge in [0, 0.05) is 18.7 Å². The van der Waals surface area contributed by atoms with Gasteiger partial charge in [0.25, 0.3) is 5.91 Å². The molecule has 0 spiro atoms. The molecule has 1 aliphatic rings. The number of halogens is 1. The van der Waals surface area contributed by atoms with Crippen LogP contribution in [-0.4, -0.2) is 39.9 Å². The first-order chi connectivity index (χ1) is 7.68. The minimum Gasteiger partial charge on any atom is -0.392 e. The average Bonchev–Trinajstić information content (AvgIpc) is 2.33. The van der Waals surface area contributed by atoms with Crippen molar-refractivity contribution >= 4 is 21.8 Å². The molecule has 1 fully saturated rings. The highest BCUT2D eigenvalue weighted by Crippen LogP contribution is 2.19. The Balaban J connectivity index is 2.06. The summed E-state index contributed by atoms with van der Waals surface area (Å²) in [5.41, 5.74) is 0.707. The quantitative estimate of drug-likeness (QED) is 0.797. The van der Waals surface area contributed by atoms with Crippen molar-refractivity contribution in [3.63, 3.8) is 0 Å². The number of carbonyl (C=O) groups is 1. The van der Waals surface area contributed by atoms with Crippen LogP contribution in [0.4, 0.5) is 0 Å². The van der Waals surface area contributed by atoms with Crippen LogP contribution in [0.5, 0.6) is 0 Å². The highest BCUT2D eigenvalue weighted by molar-refractivity contribution is 9.09. The summed E-state index contributed by atoms with van der Waals surface area (Å²) in [6.07, 6.45) is 0.286. The van der Waals surface area contributed by atoms with Gasteiger partial charge in [-0.15, -0.1) is 0 Å². The summed E-state index contributed by atoms with van der Waals surface area (Å²) in [7, 11) is 0. The lowest BCUT2D eigenvalue weighted by Gasteiger charge is -2.33. The van der Waals surface area contributed by atoms with Gasteiger partial charge in [-0.25, -0.2) is 0 Å². The molecule has 1 heterocycles. The highest BCUT2D eigenvalue weighted by atomic mass is 79.9. The van der Waals surface area contributed by atoms with Gasteiger partial charge in [-0.1, -0.05) is 34.1 Å². The molecule has 4 heteroatoms. The molecule has 1 aromatic rings. The van der Waals surface area contributed by atoms with E-state index in [1.807, 2.05) is 30.3 Å². The maximum Gasteiger partial charge on any atom is 0.253 e. The lowest BCUT2D eigenvalue weighted by molar-refractivity contribution is 0.0577. The first-order valence-electron chi connectivity index (χ1n) is 5.35. The number of hydrogen-bond donors (Lipinski definition) is 1. The van der Waals surface area contributed by atoms with Crippen LogP contribution in [0.2, 0.25) is 0 Å². The number of alkyl halides is 1. The molecule has 1 aromatic carbocycles. The Kier molecular flexibility index (Phi) is 3.61. The van der Waals surface area contributed by atoms with Crippen LogP contribution in [0.15, 0.2) is 30.3 Å². The van der Waals surface area contributed by atoms with Crippen LogP contribution >= 0.6 is 15.9 Å². The summed E-state index contributed by atoms with van der Waals surface area (Å²) in [6.45, 7) is 1.19. The van der Waals surface area contributed by atoms with Gasteiger partial charge < -0.3 is 10.0 Å². The third-order valence-electron chi connectivity index (χ3n) is 2.82. The van der Waals surface area contributed by atoms with E-state index in [1.54, 1.807) is 4.90 Å². The lowest BCUT2D eigenvalue weighted by Crippen LogP contribution is -2.46. The van der Waals surface area contributed by atoms with E-state index in [4.69, 9.17) is 0 Å². The summed E-state index contributed by atoms with van der Waals surface area (Å²) >= 11 is 3.39. The van der Waals surface area contributed by atoms with Gasteiger partial charge >= 0.3 is 0 Å². The van der Waals surface area contributed by atoms with Crippen molar-refractivity contribution in [2.75, 3.05) is 13.1 Å². The molecule has 0 saturated carbocycles. The van der Waals surface area contributed by atoms with Crippen molar-refractivity contribution in [3.05, 3.63) is 35.9 Å². The number of aliphatic hydroxyl groups is 1. The van der Waals surface area contributed by atoms with E-state index in [2.05, 4.69) is 15.9 Å². The molecule has 1 amide bonds. The van der Waals surface area contributed by atoms with Crippen molar-refractivity contribution in [3.8, 4) is 0 Å². The zero-order valence-corrected chi connectivity index (χ0v) is 10.4. The molecule has 2 unspecified atom stereocenters. The van der Waals surface area contributed by atoms with Crippen LogP contribution in [0.3, 0.4) is 0 Å². The summed E-state index contributed by atoms with van der Waals surface area (Å²) in [5.74, 6) is 0.0388. The molecule has 1 aliphatic heterocycles. The number of likely N-dealkylation sites (tertiary alicyclic amines) is 1. The van der Waals surface area contributed by atoms with Crippen molar-refractivity contribution in [1.29, 1.82) is 0 Å². The van der Waals surface area contributed by atoms with E-state index in [0.717, 1.165) is 0 Å². The number of amides is 1. The predicted molar refractivity (Wildman–Crippen MR) is 65.7 cm³/mol. The van der Waals surface area contributed by atoms with E-state index in [1.165, 1.54) is 0 Å². The Bertz CT molecular complexity index is 369. The van der Waals surface area contributed by atoms with Crippen LogP contribution in [-0.2, 0) is 0 Å². The summed E-state index contributed by atoms with van der Waals surface area (Å²) < 4.78 is 0. The Morgan fingerprint density at radius 1 is 1.38 bits per heavy atom. The van der Waals surface area contributed by atoms with Gasteiger partial charge in [0.2, 0.25) is 0 Å². The Labute approximate surface area is 103 Å². The second kappa shape index (κ2) is 4.97. The van der Waals surface area contributed by atoms with Gasteiger partial charge in [-0.3, -0.25) is 4.79 Å². The summed E-state index contributed by atoms with van der Waals surface area (Å²) in [6, 6.07) is 9.24. The zero-order valence-electron chi connectivity index (χ0n) is 8.84. The molecular formula is C12H14BrNO2. The van der Waals surface area contributed by atoms with Gasteiger partial charge in [0.15, 0.2) is 0 Å². The number of carbonyl (C=O) groups excluding carboxylic acids is 1. The van der Waals surface area contributed by atoms with Crippen LogP contribution in [0.1, 0.15) is 16.8 Å². The van der Waals surface area contributed by atoms with Crippen LogP contribution < -0.4 is 0 Å². The molecule has 3 nitrogen and oxygen atoms in total. The van der Waals surface area contributed by atoms with Gasteiger partial charge in [-0.05, 0) is 18.6 Å². The first kappa shape index (κ1) is 11.6. The predicted octanol–water partition coefficient (Wildman–Crippen LogP) is 1.66. The third kappa shape index (κ3) is 2.44. The summed E-state index contributed by atoms with van der Waals surface area (Å²) in [5, 5.41) is 9.56. The molecule has 0 bridgehead atoms. The molecular weight excluding hydrogens is 270 g/mol.